The van der Waals surface area contributed by atoms with Crippen molar-refractivity contribution in [3.8, 4) is 11.1 Å². The number of carbonyl (C=O) groups excluding carboxylic acids is 1. The first-order chi connectivity index (χ1) is 14.1. The summed E-state index contributed by atoms with van der Waals surface area (Å²) in [5.41, 5.74) is 5.85. The minimum absolute atomic E-state index is 0.0560. The molecular formula is C26H23NOS. The number of rotatable bonds is 3. The first-order valence-electron chi connectivity index (χ1n) is 10.2. The van der Waals surface area contributed by atoms with Crippen molar-refractivity contribution in [2.24, 2.45) is 5.92 Å². The Kier molecular flexibility index (Phi) is 4.56. The third-order valence-electron chi connectivity index (χ3n) is 5.95. The highest BCUT2D eigenvalue weighted by Gasteiger charge is 2.28. The van der Waals surface area contributed by atoms with Crippen molar-refractivity contribution in [3.63, 3.8) is 0 Å². The third-order valence-corrected chi connectivity index (χ3v) is 7.10. The van der Waals surface area contributed by atoms with Crippen LogP contribution in [0.2, 0.25) is 0 Å². The molecule has 2 aromatic carbocycles. The maximum Gasteiger partial charge on any atom is 0.195 e. The van der Waals surface area contributed by atoms with Gasteiger partial charge in [0.25, 0.3) is 0 Å². The number of carbonyl (C=O) groups is 1. The maximum absolute atomic E-state index is 13.6. The monoisotopic (exact) mass is 397 g/mol. The highest BCUT2D eigenvalue weighted by atomic mass is 32.1. The second-order valence-electron chi connectivity index (χ2n) is 8.04. The molecule has 1 aliphatic rings. The summed E-state index contributed by atoms with van der Waals surface area (Å²) in [6, 6.07) is 19.9. The van der Waals surface area contributed by atoms with Crippen LogP contribution >= 0.6 is 11.3 Å². The summed E-state index contributed by atoms with van der Waals surface area (Å²) in [4.78, 5) is 21.1. The van der Waals surface area contributed by atoms with Crippen LogP contribution in [0.25, 0.3) is 21.3 Å². The minimum atomic E-state index is 0.0560. The molecule has 0 saturated carbocycles. The highest BCUT2D eigenvalue weighted by molar-refractivity contribution is 7.19. The minimum Gasteiger partial charge on any atom is -0.289 e. The van der Waals surface area contributed by atoms with Crippen LogP contribution in [-0.2, 0) is 12.8 Å². The third kappa shape index (κ3) is 3.10. The van der Waals surface area contributed by atoms with Crippen LogP contribution in [0.4, 0.5) is 0 Å². The Morgan fingerprint density at radius 2 is 1.72 bits per heavy atom. The average Bonchev–Trinajstić information content (AvgIpc) is 3.10. The topological polar surface area (TPSA) is 30.0 Å². The molecule has 0 saturated heterocycles. The van der Waals surface area contributed by atoms with Crippen LogP contribution in [0.5, 0.6) is 0 Å². The lowest BCUT2D eigenvalue weighted by Gasteiger charge is -2.19. The lowest BCUT2D eigenvalue weighted by atomic mass is 9.85. The first kappa shape index (κ1) is 18.3. The van der Waals surface area contributed by atoms with Gasteiger partial charge in [-0.05, 0) is 43.2 Å². The average molecular weight is 398 g/mol. The number of pyridine rings is 1. The maximum atomic E-state index is 13.6. The van der Waals surface area contributed by atoms with Gasteiger partial charge in [0.15, 0.2) is 5.78 Å². The van der Waals surface area contributed by atoms with Gasteiger partial charge in [-0.25, -0.2) is 4.98 Å². The van der Waals surface area contributed by atoms with Crippen molar-refractivity contribution in [2.45, 2.75) is 33.1 Å². The summed E-state index contributed by atoms with van der Waals surface area (Å²) in [7, 11) is 0. The fourth-order valence-electron chi connectivity index (χ4n) is 4.49. The molecule has 0 bridgehead atoms. The van der Waals surface area contributed by atoms with Crippen LogP contribution in [-0.4, -0.2) is 10.8 Å². The van der Waals surface area contributed by atoms with Gasteiger partial charge in [0.05, 0.1) is 11.3 Å². The Balaban J connectivity index is 1.85. The molecule has 1 aliphatic carbocycles. The second kappa shape index (κ2) is 7.23. The number of hydrogen-bond donors (Lipinski definition) is 0. The quantitative estimate of drug-likeness (QED) is 0.363. The molecule has 1 atom stereocenters. The number of benzene rings is 2. The largest absolute Gasteiger partial charge is 0.289 e. The van der Waals surface area contributed by atoms with Crippen molar-refractivity contribution in [3.05, 3.63) is 87.9 Å². The van der Waals surface area contributed by atoms with E-state index in [4.69, 9.17) is 4.98 Å². The van der Waals surface area contributed by atoms with Crippen molar-refractivity contribution >= 4 is 27.3 Å². The molecule has 0 aliphatic heterocycles. The Morgan fingerprint density at radius 3 is 2.45 bits per heavy atom. The van der Waals surface area contributed by atoms with Crippen molar-refractivity contribution < 1.29 is 4.79 Å². The van der Waals surface area contributed by atoms with E-state index in [1.807, 2.05) is 54.7 Å². The summed E-state index contributed by atoms with van der Waals surface area (Å²) < 4.78 is 0. The van der Waals surface area contributed by atoms with E-state index in [-0.39, 0.29) is 5.78 Å². The van der Waals surface area contributed by atoms with E-state index in [1.165, 1.54) is 22.2 Å². The first-order valence-corrected chi connectivity index (χ1v) is 11.0. The van der Waals surface area contributed by atoms with Gasteiger partial charge in [-0.3, -0.25) is 4.79 Å². The van der Waals surface area contributed by atoms with Crippen molar-refractivity contribution in [1.82, 2.24) is 4.98 Å². The molecule has 0 radical (unpaired) electrons. The van der Waals surface area contributed by atoms with Crippen molar-refractivity contribution in [1.29, 1.82) is 0 Å². The number of fused-ring (bicyclic) bond motifs is 3. The number of hydrogen-bond acceptors (Lipinski definition) is 3. The predicted octanol–water partition coefficient (Wildman–Crippen LogP) is 6.63. The summed E-state index contributed by atoms with van der Waals surface area (Å²) in [5, 5.41) is 1.20. The number of ketones is 1. The van der Waals surface area contributed by atoms with Gasteiger partial charge in [0.1, 0.15) is 4.83 Å². The van der Waals surface area contributed by atoms with Gasteiger partial charge in [-0.2, -0.15) is 0 Å². The molecule has 0 amide bonds. The van der Waals surface area contributed by atoms with Gasteiger partial charge in [-0.1, -0.05) is 67.6 Å². The number of aryl methyl sites for hydroxylation is 2. The summed E-state index contributed by atoms with van der Waals surface area (Å²) >= 11 is 1.82. The van der Waals surface area contributed by atoms with E-state index in [1.54, 1.807) is 0 Å². The van der Waals surface area contributed by atoms with Gasteiger partial charge in [-0.15, -0.1) is 11.3 Å². The highest BCUT2D eigenvalue weighted by Crippen LogP contribution is 2.44. The van der Waals surface area contributed by atoms with Gasteiger partial charge < -0.3 is 0 Å². The van der Waals surface area contributed by atoms with E-state index < -0.39 is 0 Å². The normalized spacial score (nSPS) is 16.0. The fourth-order valence-corrected chi connectivity index (χ4v) is 5.93. The molecule has 144 valence electrons. The second-order valence-corrected chi connectivity index (χ2v) is 9.12. The predicted molar refractivity (Wildman–Crippen MR) is 121 cm³/mol. The van der Waals surface area contributed by atoms with Gasteiger partial charge in [0, 0.05) is 21.4 Å². The van der Waals surface area contributed by atoms with Crippen LogP contribution in [0.3, 0.4) is 0 Å². The molecule has 29 heavy (non-hydrogen) atoms. The molecule has 0 fully saturated rings. The van der Waals surface area contributed by atoms with Crippen molar-refractivity contribution in [2.75, 3.05) is 0 Å². The van der Waals surface area contributed by atoms with E-state index >= 15 is 0 Å². The zero-order valence-electron chi connectivity index (χ0n) is 16.7. The smallest absolute Gasteiger partial charge is 0.195 e. The molecule has 1 unspecified atom stereocenters. The van der Waals surface area contributed by atoms with Crippen LogP contribution in [0, 0.1) is 12.8 Å². The standard InChI is InChI=1S/C26H23NOS/c1-16-13-14-20-21(15-16)29-26-24(20)23(18-9-5-3-6-10-18)22(17(2)27-26)25(28)19-11-7-4-8-12-19/h3-12,16H,13-15H2,1-2H3. The Hall–Kier alpha value is -2.78. The summed E-state index contributed by atoms with van der Waals surface area (Å²) in [6.45, 7) is 4.30. The molecule has 4 aromatic rings. The van der Waals surface area contributed by atoms with Crippen LogP contribution in [0.1, 0.15) is 45.4 Å². The molecular weight excluding hydrogens is 374 g/mol. The Labute approximate surface area is 175 Å². The molecule has 5 rings (SSSR count). The molecule has 2 nitrogen and oxygen atoms in total. The number of thiophene rings is 1. The Morgan fingerprint density at radius 1 is 1.03 bits per heavy atom. The lowest BCUT2D eigenvalue weighted by Crippen LogP contribution is -2.10. The Bertz CT molecular complexity index is 1210. The molecule has 2 heterocycles. The zero-order chi connectivity index (χ0) is 20.0. The SMILES string of the molecule is Cc1nc2sc3c(c2c(-c2ccccc2)c1C(=O)c1ccccc1)CCC(C)C3. The van der Waals surface area contributed by atoms with E-state index in [9.17, 15) is 4.79 Å². The molecule has 3 heteroatoms. The molecule has 0 spiro atoms. The lowest BCUT2D eigenvalue weighted by molar-refractivity contribution is 0.103. The number of nitrogens with zero attached hydrogens (tertiary/aromatic N) is 1. The van der Waals surface area contributed by atoms with E-state index in [0.29, 0.717) is 11.5 Å². The van der Waals surface area contributed by atoms with Gasteiger partial charge >= 0.3 is 0 Å². The van der Waals surface area contributed by atoms with Crippen LogP contribution < -0.4 is 0 Å². The van der Waals surface area contributed by atoms with Gasteiger partial charge in [0.2, 0.25) is 0 Å². The zero-order valence-corrected chi connectivity index (χ0v) is 17.6. The summed E-state index contributed by atoms with van der Waals surface area (Å²) in [6.07, 6.45) is 3.38. The molecule has 0 N–H and O–H groups in total. The van der Waals surface area contributed by atoms with E-state index in [2.05, 4.69) is 31.2 Å². The fraction of sp³-hybridized carbons (Fsp3) is 0.231. The summed E-state index contributed by atoms with van der Waals surface area (Å²) in [5.74, 6) is 0.766. The van der Waals surface area contributed by atoms with E-state index in [0.717, 1.165) is 40.1 Å². The number of aromatic nitrogens is 1. The molecule has 2 aromatic heterocycles. The van der Waals surface area contributed by atoms with Crippen LogP contribution in [0.15, 0.2) is 60.7 Å².